The molecular formula is C16H21F2NO4. The number of ether oxygens (including phenoxy) is 2. The number of halogens is 2. The molecule has 1 N–H and O–H groups in total. The number of alkyl halides is 2. The highest BCUT2D eigenvalue weighted by Crippen LogP contribution is 2.37. The first kappa shape index (κ1) is 18.9. The Morgan fingerprint density at radius 1 is 1.22 bits per heavy atom. The molecule has 0 atom stereocenters. The third kappa shape index (κ3) is 4.40. The van der Waals surface area contributed by atoms with Gasteiger partial charge in [0.25, 0.3) is 0 Å². The molecular weight excluding hydrogens is 308 g/mol. The zero-order valence-corrected chi connectivity index (χ0v) is 13.8. The molecule has 0 saturated heterocycles. The minimum Gasteiger partial charge on any atom is -0.497 e. The van der Waals surface area contributed by atoms with E-state index in [4.69, 9.17) is 4.74 Å². The van der Waals surface area contributed by atoms with Crippen LogP contribution in [-0.2, 0) is 20.2 Å². The normalized spacial score (nSPS) is 11.8. The van der Waals surface area contributed by atoms with E-state index in [9.17, 15) is 18.4 Å². The van der Waals surface area contributed by atoms with E-state index in [0.717, 1.165) is 6.07 Å². The molecule has 0 heterocycles. The Hall–Kier alpha value is -2.18. The number of benzene rings is 1. The molecule has 0 fully saturated rings. The molecule has 7 heteroatoms. The van der Waals surface area contributed by atoms with Crippen molar-refractivity contribution in [1.29, 1.82) is 0 Å². The summed E-state index contributed by atoms with van der Waals surface area (Å²) >= 11 is 0. The van der Waals surface area contributed by atoms with Crippen LogP contribution in [0.15, 0.2) is 18.2 Å². The number of hydrogen-bond donors (Lipinski definition) is 1. The van der Waals surface area contributed by atoms with E-state index in [1.165, 1.54) is 26.2 Å². The summed E-state index contributed by atoms with van der Waals surface area (Å²) in [6, 6.07) is 3.70. The Labute approximate surface area is 134 Å². The Kier molecular flexibility index (Phi) is 5.69. The fourth-order valence-corrected chi connectivity index (χ4v) is 1.66. The summed E-state index contributed by atoms with van der Waals surface area (Å²) in [5.74, 6) is -5.91. The summed E-state index contributed by atoms with van der Waals surface area (Å²) in [4.78, 5) is 23.6. The largest absolute Gasteiger partial charge is 0.497 e. The molecule has 0 unspecified atom stereocenters. The van der Waals surface area contributed by atoms with E-state index < -0.39 is 28.8 Å². The van der Waals surface area contributed by atoms with Crippen molar-refractivity contribution in [2.75, 3.05) is 19.0 Å². The van der Waals surface area contributed by atoms with Crippen molar-refractivity contribution in [2.24, 2.45) is 5.41 Å². The maximum atomic E-state index is 14.4. The molecule has 23 heavy (non-hydrogen) atoms. The Morgan fingerprint density at radius 2 is 1.83 bits per heavy atom. The SMILES string of the molecule is CCOC(=O)C(F)(F)c1cc(OC)ccc1NC(=O)C(C)(C)C. The van der Waals surface area contributed by atoms with Gasteiger partial charge in [0.15, 0.2) is 0 Å². The van der Waals surface area contributed by atoms with E-state index in [-0.39, 0.29) is 18.0 Å². The number of methoxy groups -OCH3 is 1. The number of anilines is 1. The van der Waals surface area contributed by atoms with Gasteiger partial charge in [-0.2, -0.15) is 8.78 Å². The van der Waals surface area contributed by atoms with Gasteiger partial charge in [-0.1, -0.05) is 20.8 Å². The lowest BCUT2D eigenvalue weighted by Gasteiger charge is -2.22. The predicted octanol–water partition coefficient (Wildman–Crippen LogP) is 3.33. The smallest absolute Gasteiger partial charge is 0.382 e. The van der Waals surface area contributed by atoms with E-state index in [2.05, 4.69) is 10.1 Å². The third-order valence-electron chi connectivity index (χ3n) is 3.03. The van der Waals surface area contributed by atoms with Crippen molar-refractivity contribution in [1.82, 2.24) is 0 Å². The van der Waals surface area contributed by atoms with Crippen molar-refractivity contribution in [3.8, 4) is 5.75 Å². The summed E-state index contributed by atoms with van der Waals surface area (Å²) in [5, 5.41) is 2.42. The first-order chi connectivity index (χ1) is 10.5. The molecule has 1 amide bonds. The maximum absolute atomic E-state index is 14.4. The highest BCUT2D eigenvalue weighted by atomic mass is 19.3. The van der Waals surface area contributed by atoms with Crippen molar-refractivity contribution in [3.63, 3.8) is 0 Å². The molecule has 1 aromatic carbocycles. The fraction of sp³-hybridized carbons (Fsp3) is 0.500. The van der Waals surface area contributed by atoms with Crippen LogP contribution in [0.1, 0.15) is 33.3 Å². The highest BCUT2D eigenvalue weighted by molar-refractivity contribution is 5.96. The molecule has 0 aromatic heterocycles. The average Bonchev–Trinajstić information content (AvgIpc) is 2.46. The summed E-state index contributed by atoms with van der Waals surface area (Å²) in [6.07, 6.45) is 0. The van der Waals surface area contributed by atoms with Crippen LogP contribution in [0.4, 0.5) is 14.5 Å². The molecule has 0 saturated carbocycles. The number of esters is 1. The molecule has 5 nitrogen and oxygen atoms in total. The Balaban J connectivity index is 3.32. The number of rotatable bonds is 5. The topological polar surface area (TPSA) is 64.6 Å². The monoisotopic (exact) mass is 329 g/mol. The third-order valence-corrected chi connectivity index (χ3v) is 3.03. The summed E-state index contributed by atoms with van der Waals surface area (Å²) in [6.45, 7) is 6.20. The first-order valence-electron chi connectivity index (χ1n) is 7.09. The van der Waals surface area contributed by atoms with Gasteiger partial charge in [-0.25, -0.2) is 4.79 Å². The van der Waals surface area contributed by atoms with Crippen LogP contribution >= 0.6 is 0 Å². The van der Waals surface area contributed by atoms with Crippen molar-refractivity contribution in [2.45, 2.75) is 33.6 Å². The van der Waals surface area contributed by atoms with Gasteiger partial charge in [0.1, 0.15) is 5.75 Å². The van der Waals surface area contributed by atoms with Crippen LogP contribution in [0.25, 0.3) is 0 Å². The molecule has 128 valence electrons. The molecule has 0 aliphatic heterocycles. The van der Waals surface area contributed by atoms with Crippen LogP contribution in [0.5, 0.6) is 5.75 Å². The standard InChI is InChI=1S/C16H21F2NO4/c1-6-23-14(21)16(17,18)11-9-10(22-5)7-8-12(11)19-13(20)15(2,3)4/h7-9H,6H2,1-5H3,(H,19,20). The highest BCUT2D eigenvalue weighted by Gasteiger charge is 2.45. The van der Waals surface area contributed by atoms with Crippen LogP contribution in [0.2, 0.25) is 0 Å². The van der Waals surface area contributed by atoms with Crippen LogP contribution < -0.4 is 10.1 Å². The first-order valence-corrected chi connectivity index (χ1v) is 7.09. The number of carbonyl (C=O) groups excluding carboxylic acids is 2. The molecule has 0 aliphatic carbocycles. The average molecular weight is 329 g/mol. The minimum atomic E-state index is -3.91. The number of nitrogens with one attached hydrogen (secondary N) is 1. The van der Waals surface area contributed by atoms with Gasteiger partial charge in [-0.05, 0) is 25.1 Å². The van der Waals surface area contributed by atoms with Crippen molar-refractivity contribution >= 4 is 17.6 Å². The summed E-state index contributed by atoms with van der Waals surface area (Å²) in [5.41, 5.74) is -1.62. The van der Waals surface area contributed by atoms with E-state index >= 15 is 0 Å². The summed E-state index contributed by atoms with van der Waals surface area (Å²) in [7, 11) is 1.31. The Morgan fingerprint density at radius 3 is 2.30 bits per heavy atom. The molecule has 0 spiro atoms. The fourth-order valence-electron chi connectivity index (χ4n) is 1.66. The maximum Gasteiger partial charge on any atom is 0.382 e. The second kappa shape index (κ2) is 6.93. The van der Waals surface area contributed by atoms with Crippen molar-refractivity contribution in [3.05, 3.63) is 23.8 Å². The van der Waals surface area contributed by atoms with E-state index in [0.29, 0.717) is 0 Å². The number of carbonyl (C=O) groups is 2. The van der Waals surface area contributed by atoms with Gasteiger partial charge in [-0.15, -0.1) is 0 Å². The summed E-state index contributed by atoms with van der Waals surface area (Å²) < 4.78 is 38.1. The van der Waals surface area contributed by atoms with Gasteiger partial charge < -0.3 is 14.8 Å². The van der Waals surface area contributed by atoms with Gasteiger partial charge in [0.05, 0.1) is 25.0 Å². The lowest BCUT2D eigenvalue weighted by atomic mass is 9.95. The zero-order valence-electron chi connectivity index (χ0n) is 13.8. The lowest BCUT2D eigenvalue weighted by molar-refractivity contribution is -0.173. The van der Waals surface area contributed by atoms with Crippen LogP contribution in [-0.4, -0.2) is 25.6 Å². The van der Waals surface area contributed by atoms with E-state index in [1.807, 2.05) is 0 Å². The van der Waals surface area contributed by atoms with Crippen LogP contribution in [0, 0.1) is 5.41 Å². The quantitative estimate of drug-likeness (QED) is 0.842. The molecule has 1 aromatic rings. The second-order valence-electron chi connectivity index (χ2n) is 5.91. The lowest BCUT2D eigenvalue weighted by Crippen LogP contribution is -2.32. The van der Waals surface area contributed by atoms with Crippen LogP contribution in [0.3, 0.4) is 0 Å². The molecule has 0 aliphatic rings. The Bertz CT molecular complexity index is 594. The predicted molar refractivity (Wildman–Crippen MR) is 81.6 cm³/mol. The number of amides is 1. The van der Waals surface area contributed by atoms with Gasteiger partial charge in [-0.3, -0.25) is 4.79 Å². The van der Waals surface area contributed by atoms with Gasteiger partial charge in [0.2, 0.25) is 5.91 Å². The number of hydrogen-bond acceptors (Lipinski definition) is 4. The van der Waals surface area contributed by atoms with Crippen molar-refractivity contribution < 1.29 is 27.8 Å². The second-order valence-corrected chi connectivity index (χ2v) is 5.91. The molecule has 1 rings (SSSR count). The zero-order chi connectivity index (χ0) is 17.8. The molecule has 0 radical (unpaired) electrons. The van der Waals surface area contributed by atoms with Gasteiger partial charge in [0, 0.05) is 5.41 Å². The van der Waals surface area contributed by atoms with Gasteiger partial charge >= 0.3 is 11.9 Å². The minimum absolute atomic E-state index is 0.137. The van der Waals surface area contributed by atoms with E-state index in [1.54, 1.807) is 20.8 Å². The molecule has 0 bridgehead atoms.